The highest BCUT2D eigenvalue weighted by Crippen LogP contribution is 2.27. The Labute approximate surface area is 93.5 Å². The standard InChI is InChI=1S/C11H13N3O2/c12-5-9-10(13)3-8(4-11(9)14)16-7-1-2-15-6-7/h3-4,7H,1-2,6,13-14H2/t7-/m0/s1. The minimum Gasteiger partial charge on any atom is -0.488 e. The second-order valence-corrected chi connectivity index (χ2v) is 3.69. The molecule has 0 aromatic heterocycles. The Morgan fingerprint density at radius 3 is 2.56 bits per heavy atom. The molecule has 0 unspecified atom stereocenters. The van der Waals surface area contributed by atoms with Crippen molar-refractivity contribution in [3.8, 4) is 11.8 Å². The number of nitrogens with zero attached hydrogens (tertiary/aromatic N) is 1. The number of hydrogen-bond donors (Lipinski definition) is 2. The molecule has 0 aliphatic carbocycles. The van der Waals surface area contributed by atoms with Crippen molar-refractivity contribution in [2.45, 2.75) is 12.5 Å². The lowest BCUT2D eigenvalue weighted by molar-refractivity contribution is 0.141. The minimum absolute atomic E-state index is 0.0479. The van der Waals surface area contributed by atoms with Gasteiger partial charge < -0.3 is 20.9 Å². The van der Waals surface area contributed by atoms with Gasteiger partial charge in [0, 0.05) is 18.6 Å². The van der Waals surface area contributed by atoms with Crippen LogP contribution >= 0.6 is 0 Å². The van der Waals surface area contributed by atoms with Crippen LogP contribution in [0, 0.1) is 11.3 Å². The van der Waals surface area contributed by atoms with E-state index in [0.29, 0.717) is 35.9 Å². The Morgan fingerprint density at radius 2 is 2.06 bits per heavy atom. The van der Waals surface area contributed by atoms with Gasteiger partial charge in [-0.15, -0.1) is 0 Å². The largest absolute Gasteiger partial charge is 0.488 e. The quantitative estimate of drug-likeness (QED) is 0.720. The Balaban J connectivity index is 2.19. The molecule has 1 heterocycles. The van der Waals surface area contributed by atoms with E-state index in [0.717, 1.165) is 6.42 Å². The van der Waals surface area contributed by atoms with Crippen molar-refractivity contribution in [1.82, 2.24) is 0 Å². The monoisotopic (exact) mass is 219 g/mol. The number of nitriles is 1. The summed E-state index contributed by atoms with van der Waals surface area (Å²) in [5.74, 6) is 0.588. The van der Waals surface area contributed by atoms with Crippen molar-refractivity contribution in [1.29, 1.82) is 5.26 Å². The lowest BCUT2D eigenvalue weighted by Gasteiger charge is -2.13. The molecular weight excluding hydrogens is 206 g/mol. The maximum atomic E-state index is 8.80. The summed E-state index contributed by atoms with van der Waals surface area (Å²) < 4.78 is 10.8. The zero-order chi connectivity index (χ0) is 11.5. The van der Waals surface area contributed by atoms with E-state index in [1.807, 2.05) is 6.07 Å². The minimum atomic E-state index is 0.0479. The third-order valence-electron chi connectivity index (χ3n) is 2.48. The van der Waals surface area contributed by atoms with Crippen LogP contribution in [0.25, 0.3) is 0 Å². The van der Waals surface area contributed by atoms with Crippen LogP contribution in [0.5, 0.6) is 5.75 Å². The van der Waals surface area contributed by atoms with Gasteiger partial charge in [0.25, 0.3) is 0 Å². The molecule has 5 heteroatoms. The topological polar surface area (TPSA) is 94.3 Å². The number of rotatable bonds is 2. The van der Waals surface area contributed by atoms with Crippen LogP contribution < -0.4 is 16.2 Å². The van der Waals surface area contributed by atoms with Crippen molar-refractivity contribution >= 4 is 11.4 Å². The molecule has 1 aliphatic rings. The Kier molecular flexibility index (Phi) is 2.84. The van der Waals surface area contributed by atoms with Crippen molar-refractivity contribution < 1.29 is 9.47 Å². The molecule has 1 aliphatic heterocycles. The van der Waals surface area contributed by atoms with Crippen LogP contribution in [0.1, 0.15) is 12.0 Å². The van der Waals surface area contributed by atoms with Gasteiger partial charge in [0.2, 0.25) is 0 Å². The molecule has 16 heavy (non-hydrogen) atoms. The zero-order valence-electron chi connectivity index (χ0n) is 8.77. The number of benzene rings is 1. The second kappa shape index (κ2) is 4.29. The van der Waals surface area contributed by atoms with E-state index in [-0.39, 0.29) is 6.10 Å². The summed E-state index contributed by atoms with van der Waals surface area (Å²) in [5.41, 5.74) is 12.4. The molecule has 4 N–H and O–H groups in total. The highest BCUT2D eigenvalue weighted by molar-refractivity contribution is 5.70. The molecule has 1 atom stereocenters. The molecule has 1 aromatic rings. The zero-order valence-corrected chi connectivity index (χ0v) is 8.77. The van der Waals surface area contributed by atoms with Crippen LogP contribution in [-0.4, -0.2) is 19.3 Å². The van der Waals surface area contributed by atoms with E-state index < -0.39 is 0 Å². The van der Waals surface area contributed by atoms with E-state index >= 15 is 0 Å². The maximum absolute atomic E-state index is 8.80. The molecule has 2 rings (SSSR count). The first-order valence-electron chi connectivity index (χ1n) is 5.04. The second-order valence-electron chi connectivity index (χ2n) is 3.69. The summed E-state index contributed by atoms with van der Waals surface area (Å²) >= 11 is 0. The van der Waals surface area contributed by atoms with E-state index in [9.17, 15) is 0 Å². The van der Waals surface area contributed by atoms with Crippen molar-refractivity contribution in [3.63, 3.8) is 0 Å². The van der Waals surface area contributed by atoms with Gasteiger partial charge in [-0.2, -0.15) is 5.26 Å². The summed E-state index contributed by atoms with van der Waals surface area (Å²) in [4.78, 5) is 0. The predicted octanol–water partition coefficient (Wildman–Crippen LogP) is 0.890. The summed E-state index contributed by atoms with van der Waals surface area (Å²) in [6, 6.07) is 5.19. The smallest absolute Gasteiger partial charge is 0.124 e. The average Bonchev–Trinajstić information content (AvgIpc) is 2.70. The number of hydrogen-bond acceptors (Lipinski definition) is 5. The normalized spacial score (nSPS) is 19.3. The van der Waals surface area contributed by atoms with Crippen LogP contribution in [0.2, 0.25) is 0 Å². The molecule has 0 spiro atoms. The molecule has 5 nitrogen and oxygen atoms in total. The lowest BCUT2D eigenvalue weighted by Crippen LogP contribution is -2.16. The van der Waals surface area contributed by atoms with E-state index in [4.69, 9.17) is 26.2 Å². The Bertz CT molecular complexity index is 410. The fourth-order valence-electron chi connectivity index (χ4n) is 1.65. The van der Waals surface area contributed by atoms with Crippen molar-refractivity contribution in [2.24, 2.45) is 0 Å². The van der Waals surface area contributed by atoms with Crippen LogP contribution in [0.4, 0.5) is 11.4 Å². The van der Waals surface area contributed by atoms with Gasteiger partial charge in [-0.25, -0.2) is 0 Å². The van der Waals surface area contributed by atoms with E-state index in [1.54, 1.807) is 12.1 Å². The fraction of sp³-hybridized carbons (Fsp3) is 0.364. The van der Waals surface area contributed by atoms with Gasteiger partial charge in [-0.05, 0) is 0 Å². The number of nitrogen functional groups attached to an aromatic ring is 2. The SMILES string of the molecule is N#Cc1c(N)cc(O[C@H]2CCOC2)cc1N. The summed E-state index contributed by atoms with van der Waals surface area (Å²) in [7, 11) is 0. The third kappa shape index (κ3) is 2.02. The van der Waals surface area contributed by atoms with Crippen LogP contribution in [0.3, 0.4) is 0 Å². The molecule has 1 aromatic carbocycles. The van der Waals surface area contributed by atoms with Gasteiger partial charge in [0.15, 0.2) is 0 Å². The summed E-state index contributed by atoms with van der Waals surface area (Å²) in [5, 5.41) is 8.80. The lowest BCUT2D eigenvalue weighted by atomic mass is 10.1. The average molecular weight is 219 g/mol. The fourth-order valence-corrected chi connectivity index (χ4v) is 1.65. The van der Waals surface area contributed by atoms with Gasteiger partial charge in [0.05, 0.1) is 30.2 Å². The van der Waals surface area contributed by atoms with Gasteiger partial charge in [-0.1, -0.05) is 0 Å². The first-order chi connectivity index (χ1) is 7.70. The van der Waals surface area contributed by atoms with E-state index in [2.05, 4.69) is 0 Å². The number of nitrogens with two attached hydrogens (primary N) is 2. The van der Waals surface area contributed by atoms with Crippen LogP contribution in [-0.2, 0) is 4.74 Å². The summed E-state index contributed by atoms with van der Waals surface area (Å²) in [6.45, 7) is 1.30. The molecule has 1 saturated heterocycles. The van der Waals surface area contributed by atoms with Gasteiger partial charge in [0.1, 0.15) is 17.9 Å². The molecule has 0 radical (unpaired) electrons. The van der Waals surface area contributed by atoms with Crippen LogP contribution in [0.15, 0.2) is 12.1 Å². The first kappa shape index (κ1) is 10.6. The third-order valence-corrected chi connectivity index (χ3v) is 2.48. The van der Waals surface area contributed by atoms with Crippen molar-refractivity contribution in [3.05, 3.63) is 17.7 Å². The van der Waals surface area contributed by atoms with Gasteiger partial charge in [-0.3, -0.25) is 0 Å². The number of anilines is 2. The Hall–Kier alpha value is -1.93. The molecule has 1 fully saturated rings. The molecule has 0 bridgehead atoms. The Morgan fingerprint density at radius 1 is 1.38 bits per heavy atom. The number of ether oxygens (including phenoxy) is 2. The van der Waals surface area contributed by atoms with Gasteiger partial charge >= 0.3 is 0 Å². The molecule has 0 saturated carbocycles. The highest BCUT2D eigenvalue weighted by Gasteiger charge is 2.18. The highest BCUT2D eigenvalue weighted by atomic mass is 16.5. The van der Waals surface area contributed by atoms with E-state index in [1.165, 1.54) is 0 Å². The molecule has 84 valence electrons. The molecular formula is C11H13N3O2. The molecule has 0 amide bonds. The maximum Gasteiger partial charge on any atom is 0.124 e. The predicted molar refractivity (Wildman–Crippen MR) is 59.8 cm³/mol. The van der Waals surface area contributed by atoms with Crippen molar-refractivity contribution in [2.75, 3.05) is 24.7 Å². The summed E-state index contributed by atoms with van der Waals surface area (Å²) in [6.07, 6.45) is 0.909. The first-order valence-corrected chi connectivity index (χ1v) is 5.04.